The Labute approximate surface area is 103 Å². The van der Waals surface area contributed by atoms with Gasteiger partial charge >= 0.3 is 0 Å². The fourth-order valence-electron chi connectivity index (χ4n) is 1.85. The molecule has 0 aliphatic carbocycles. The highest BCUT2D eigenvalue weighted by Crippen LogP contribution is 2.05. The summed E-state index contributed by atoms with van der Waals surface area (Å²) in [5.41, 5.74) is 0. The molecule has 80 valence electrons. The van der Waals surface area contributed by atoms with Gasteiger partial charge in [-0.1, -0.05) is 89.2 Å². The molecular weight excluding hydrogens is 232 g/mol. The molecule has 0 fully saturated rings. The smallest absolute Gasteiger partial charge is 0.0944 e. The first kappa shape index (κ1) is 11.2. The van der Waals surface area contributed by atoms with Crippen molar-refractivity contribution >= 4 is 30.8 Å². The van der Waals surface area contributed by atoms with E-state index in [1.54, 1.807) is 0 Å². The summed E-state index contributed by atoms with van der Waals surface area (Å²) in [6, 6.07) is 20.8. The quantitative estimate of drug-likeness (QED) is 0.727. The lowest BCUT2D eigenvalue weighted by molar-refractivity contribution is 1.73. The number of rotatable bonds is 3. The normalized spacial score (nSPS) is 10.4. The molecule has 2 aromatic rings. The molecule has 0 heterocycles. The Kier molecular flexibility index (Phi) is 3.60. The molecule has 0 aliphatic rings. The van der Waals surface area contributed by atoms with Crippen LogP contribution in [0.3, 0.4) is 0 Å². The molecule has 0 saturated heterocycles. The monoisotopic (exact) mass is 244 g/mol. The molecule has 0 aromatic heterocycles. The minimum Gasteiger partial charge on any atom is -0.0944 e. The third-order valence-electron chi connectivity index (χ3n) is 2.58. The summed E-state index contributed by atoms with van der Waals surface area (Å²) in [5, 5.41) is 2.63. The third kappa shape index (κ3) is 2.43. The van der Waals surface area contributed by atoms with Crippen molar-refractivity contribution in [2.45, 2.75) is 0 Å². The van der Waals surface area contributed by atoms with Gasteiger partial charge in [0.05, 0.1) is 0 Å². The van der Waals surface area contributed by atoms with E-state index in [9.17, 15) is 0 Å². The minimum absolute atomic E-state index is 0.789. The lowest BCUT2D eigenvalue weighted by atomic mass is 10.4. The van der Waals surface area contributed by atoms with Gasteiger partial charge in [-0.3, -0.25) is 0 Å². The van der Waals surface area contributed by atoms with E-state index in [4.69, 9.17) is 11.6 Å². The highest BCUT2D eigenvalue weighted by Gasteiger charge is 2.17. The molecule has 0 bridgehead atoms. The van der Waals surface area contributed by atoms with E-state index in [1.165, 1.54) is 10.4 Å². The van der Waals surface area contributed by atoms with E-state index in [2.05, 4.69) is 55.1 Å². The van der Waals surface area contributed by atoms with Gasteiger partial charge in [0.15, 0.2) is 0 Å². The van der Waals surface area contributed by atoms with Crippen LogP contribution in [0.25, 0.3) is 0 Å². The van der Waals surface area contributed by atoms with Crippen molar-refractivity contribution in [3.8, 4) is 0 Å². The Morgan fingerprint density at radius 3 is 1.50 bits per heavy atom. The molecule has 2 heteroatoms. The van der Waals surface area contributed by atoms with Crippen molar-refractivity contribution in [3.05, 3.63) is 71.9 Å². The predicted octanol–water partition coefficient (Wildman–Crippen LogP) is 2.32. The Hall–Kier alpha value is -1.31. The van der Waals surface area contributed by atoms with Crippen molar-refractivity contribution in [2.75, 3.05) is 0 Å². The Morgan fingerprint density at radius 1 is 0.812 bits per heavy atom. The van der Waals surface area contributed by atoms with Gasteiger partial charge in [0.2, 0.25) is 0 Å². The summed E-state index contributed by atoms with van der Waals surface area (Å²) in [7, 11) is -1.45. The standard InChI is InChI=1S/C14H13ClSi/c1-12(15)16(13-8-4-2-5-9-13)14-10-6-3-7-11-14/h2-11,16H,1H2. The second-order valence-corrected chi connectivity index (χ2v) is 7.45. The number of hydrogen-bond acceptors (Lipinski definition) is 0. The summed E-state index contributed by atoms with van der Waals surface area (Å²) in [4.78, 5) is 0. The van der Waals surface area contributed by atoms with E-state index in [1.807, 2.05) is 12.1 Å². The lowest BCUT2D eigenvalue weighted by Gasteiger charge is -2.14. The van der Waals surface area contributed by atoms with Crippen molar-refractivity contribution in [2.24, 2.45) is 0 Å². The molecular formula is C14H13ClSi. The Bertz CT molecular complexity index is 425. The molecule has 16 heavy (non-hydrogen) atoms. The van der Waals surface area contributed by atoms with Gasteiger partial charge in [0.1, 0.15) is 8.80 Å². The van der Waals surface area contributed by atoms with E-state index in [0.29, 0.717) is 0 Å². The summed E-state index contributed by atoms with van der Waals surface area (Å²) < 4.78 is 0.789. The molecule has 0 nitrogen and oxygen atoms in total. The van der Waals surface area contributed by atoms with E-state index >= 15 is 0 Å². The average Bonchev–Trinajstić information content (AvgIpc) is 2.31. The zero-order valence-corrected chi connectivity index (χ0v) is 10.8. The first-order valence-electron chi connectivity index (χ1n) is 5.23. The molecule has 0 atom stereocenters. The van der Waals surface area contributed by atoms with Crippen LogP contribution < -0.4 is 10.4 Å². The van der Waals surface area contributed by atoms with Crippen LogP contribution >= 0.6 is 11.6 Å². The van der Waals surface area contributed by atoms with Gasteiger partial charge in [0, 0.05) is 4.66 Å². The maximum atomic E-state index is 6.18. The van der Waals surface area contributed by atoms with Crippen molar-refractivity contribution in [3.63, 3.8) is 0 Å². The van der Waals surface area contributed by atoms with Crippen molar-refractivity contribution in [1.82, 2.24) is 0 Å². The van der Waals surface area contributed by atoms with Gasteiger partial charge < -0.3 is 0 Å². The van der Waals surface area contributed by atoms with Gasteiger partial charge in [-0.25, -0.2) is 0 Å². The zero-order valence-electron chi connectivity index (χ0n) is 8.94. The maximum absolute atomic E-state index is 6.18. The summed E-state index contributed by atoms with van der Waals surface area (Å²) in [6.07, 6.45) is 0. The topological polar surface area (TPSA) is 0 Å². The van der Waals surface area contributed by atoms with Crippen LogP contribution in [0.4, 0.5) is 0 Å². The van der Waals surface area contributed by atoms with Crippen LogP contribution in [0, 0.1) is 0 Å². The summed E-state index contributed by atoms with van der Waals surface area (Å²) in [6.45, 7) is 3.94. The molecule has 2 aromatic carbocycles. The highest BCUT2D eigenvalue weighted by molar-refractivity contribution is 6.96. The van der Waals surface area contributed by atoms with Crippen LogP contribution in [0.5, 0.6) is 0 Å². The van der Waals surface area contributed by atoms with Crippen LogP contribution in [-0.2, 0) is 0 Å². The number of benzene rings is 2. The minimum atomic E-state index is -1.45. The summed E-state index contributed by atoms with van der Waals surface area (Å²) in [5.74, 6) is 0. The van der Waals surface area contributed by atoms with Gasteiger partial charge in [-0.2, -0.15) is 0 Å². The molecule has 0 aliphatic heterocycles. The highest BCUT2D eigenvalue weighted by atomic mass is 35.5. The molecule has 0 unspecified atom stereocenters. The first-order chi connectivity index (χ1) is 7.79. The average molecular weight is 245 g/mol. The Balaban J connectivity index is 2.44. The van der Waals surface area contributed by atoms with Gasteiger partial charge in [-0.15, -0.1) is 0 Å². The fraction of sp³-hybridized carbons (Fsp3) is 0. The third-order valence-corrected chi connectivity index (χ3v) is 5.96. The Morgan fingerprint density at radius 2 is 1.19 bits per heavy atom. The number of hydrogen-bond donors (Lipinski definition) is 0. The van der Waals surface area contributed by atoms with E-state index in [-0.39, 0.29) is 0 Å². The zero-order chi connectivity index (χ0) is 11.4. The second kappa shape index (κ2) is 5.15. The number of halogens is 1. The van der Waals surface area contributed by atoms with Crippen LogP contribution in [0.15, 0.2) is 71.9 Å². The molecule has 0 amide bonds. The van der Waals surface area contributed by atoms with Crippen LogP contribution in [-0.4, -0.2) is 8.80 Å². The van der Waals surface area contributed by atoms with Crippen molar-refractivity contribution in [1.29, 1.82) is 0 Å². The van der Waals surface area contributed by atoms with Crippen molar-refractivity contribution < 1.29 is 0 Å². The van der Waals surface area contributed by atoms with E-state index in [0.717, 1.165) is 4.66 Å². The van der Waals surface area contributed by atoms with Gasteiger partial charge in [0.25, 0.3) is 0 Å². The molecule has 0 saturated carbocycles. The maximum Gasteiger partial charge on any atom is 0.146 e. The second-order valence-electron chi connectivity index (χ2n) is 3.70. The van der Waals surface area contributed by atoms with Crippen LogP contribution in [0.1, 0.15) is 0 Å². The van der Waals surface area contributed by atoms with Crippen LogP contribution in [0.2, 0.25) is 0 Å². The van der Waals surface area contributed by atoms with Gasteiger partial charge in [-0.05, 0) is 0 Å². The van der Waals surface area contributed by atoms with E-state index < -0.39 is 8.80 Å². The molecule has 0 radical (unpaired) electrons. The first-order valence-corrected chi connectivity index (χ1v) is 7.34. The lowest BCUT2D eigenvalue weighted by Crippen LogP contribution is -2.42. The summed E-state index contributed by atoms with van der Waals surface area (Å²) >= 11 is 6.18. The molecule has 0 spiro atoms. The largest absolute Gasteiger partial charge is 0.146 e. The predicted molar refractivity (Wildman–Crippen MR) is 74.3 cm³/mol. The molecule has 0 N–H and O–H groups in total. The molecule has 2 rings (SSSR count). The SMILES string of the molecule is C=C(Cl)[SiH](c1ccccc1)c1ccccc1. The fourth-order valence-corrected chi connectivity index (χ4v) is 4.92.